The molecule has 0 radical (unpaired) electrons. The summed E-state index contributed by atoms with van der Waals surface area (Å²) in [5.41, 5.74) is 1.65. The molecule has 21 heavy (non-hydrogen) atoms. The molecular formula is C14H19N3O4. The van der Waals surface area contributed by atoms with Gasteiger partial charge in [-0.25, -0.2) is 9.59 Å². The van der Waals surface area contributed by atoms with Crippen LogP contribution in [-0.4, -0.2) is 52.8 Å². The van der Waals surface area contributed by atoms with Crippen molar-refractivity contribution in [2.75, 3.05) is 25.0 Å². The Morgan fingerprint density at radius 1 is 1.43 bits per heavy atom. The summed E-state index contributed by atoms with van der Waals surface area (Å²) in [7, 11) is 0. The van der Waals surface area contributed by atoms with Gasteiger partial charge in [-0.05, 0) is 31.4 Å². The standard InChI is InChI=1S/C14H19N3O4/c1-10-6-11(8-15-7-10)16-14(20)17-4-2-12(3-5-17)21-9-13(18)19/h6-8,12H,2-5,9H2,1H3,(H,16,20)(H,18,19). The van der Waals surface area contributed by atoms with Crippen molar-refractivity contribution in [1.29, 1.82) is 0 Å². The molecule has 2 amide bonds. The summed E-state index contributed by atoms with van der Waals surface area (Å²) in [5.74, 6) is -0.970. The first-order chi connectivity index (χ1) is 10.0. The molecule has 7 heteroatoms. The molecule has 1 aromatic heterocycles. The first kappa shape index (κ1) is 15.2. The highest BCUT2D eigenvalue weighted by Crippen LogP contribution is 2.15. The fraction of sp³-hybridized carbons (Fsp3) is 0.500. The number of hydrogen-bond acceptors (Lipinski definition) is 4. The van der Waals surface area contributed by atoms with Crippen molar-refractivity contribution in [3.63, 3.8) is 0 Å². The van der Waals surface area contributed by atoms with Gasteiger partial charge in [0.05, 0.1) is 18.0 Å². The van der Waals surface area contributed by atoms with Crippen molar-refractivity contribution in [2.45, 2.75) is 25.9 Å². The van der Waals surface area contributed by atoms with Crippen molar-refractivity contribution in [3.05, 3.63) is 24.0 Å². The SMILES string of the molecule is Cc1cncc(NC(=O)N2CCC(OCC(=O)O)CC2)c1. The maximum atomic E-state index is 12.1. The second-order valence-corrected chi connectivity index (χ2v) is 5.07. The zero-order valence-corrected chi connectivity index (χ0v) is 11.9. The molecule has 0 atom stereocenters. The quantitative estimate of drug-likeness (QED) is 0.877. The van der Waals surface area contributed by atoms with Crippen molar-refractivity contribution >= 4 is 17.7 Å². The van der Waals surface area contributed by atoms with Gasteiger partial charge in [0.2, 0.25) is 0 Å². The topological polar surface area (TPSA) is 91.8 Å². The van der Waals surface area contributed by atoms with Crippen LogP contribution in [0.5, 0.6) is 0 Å². The molecule has 0 unspecified atom stereocenters. The molecule has 2 heterocycles. The summed E-state index contributed by atoms with van der Waals surface area (Å²) in [6.45, 7) is 2.73. The third-order valence-corrected chi connectivity index (χ3v) is 3.30. The van der Waals surface area contributed by atoms with Gasteiger partial charge in [0.15, 0.2) is 0 Å². The van der Waals surface area contributed by atoms with Crippen LogP contribution in [0.25, 0.3) is 0 Å². The number of ether oxygens (including phenoxy) is 1. The zero-order chi connectivity index (χ0) is 15.2. The molecule has 0 saturated carbocycles. The highest BCUT2D eigenvalue weighted by molar-refractivity contribution is 5.89. The normalized spacial score (nSPS) is 15.8. The molecule has 1 aliphatic heterocycles. The average Bonchev–Trinajstić information content (AvgIpc) is 2.45. The van der Waals surface area contributed by atoms with Crippen LogP contribution in [0.3, 0.4) is 0 Å². The molecule has 0 aliphatic carbocycles. The van der Waals surface area contributed by atoms with Gasteiger partial charge < -0.3 is 20.1 Å². The lowest BCUT2D eigenvalue weighted by Crippen LogP contribution is -2.43. The molecular weight excluding hydrogens is 274 g/mol. The van der Waals surface area contributed by atoms with Crippen LogP contribution in [0.15, 0.2) is 18.5 Å². The lowest BCUT2D eigenvalue weighted by atomic mass is 10.1. The second-order valence-electron chi connectivity index (χ2n) is 5.07. The van der Waals surface area contributed by atoms with E-state index in [0.29, 0.717) is 31.6 Å². The number of nitrogens with zero attached hydrogens (tertiary/aromatic N) is 2. The number of urea groups is 1. The van der Waals surface area contributed by atoms with Crippen LogP contribution in [0, 0.1) is 6.92 Å². The van der Waals surface area contributed by atoms with Gasteiger partial charge >= 0.3 is 12.0 Å². The molecule has 2 N–H and O–H groups in total. The Hall–Kier alpha value is -2.15. The van der Waals surface area contributed by atoms with E-state index >= 15 is 0 Å². The number of aliphatic carboxylic acids is 1. The molecule has 0 aromatic carbocycles. The van der Waals surface area contributed by atoms with Crippen LogP contribution < -0.4 is 5.32 Å². The average molecular weight is 293 g/mol. The Kier molecular flexibility index (Phi) is 5.10. The van der Waals surface area contributed by atoms with Crippen LogP contribution in [0.4, 0.5) is 10.5 Å². The summed E-state index contributed by atoms with van der Waals surface area (Å²) in [5, 5.41) is 11.4. The number of carbonyl (C=O) groups is 2. The third kappa shape index (κ3) is 4.71. The number of pyridine rings is 1. The number of rotatable bonds is 4. The number of nitrogens with one attached hydrogen (secondary N) is 1. The predicted octanol–water partition coefficient (Wildman–Crippen LogP) is 1.49. The number of likely N-dealkylation sites (tertiary alicyclic amines) is 1. The lowest BCUT2D eigenvalue weighted by Gasteiger charge is -2.31. The van der Waals surface area contributed by atoms with Crippen molar-refractivity contribution in [2.24, 2.45) is 0 Å². The smallest absolute Gasteiger partial charge is 0.329 e. The van der Waals surface area contributed by atoms with Crippen molar-refractivity contribution in [1.82, 2.24) is 9.88 Å². The van der Waals surface area contributed by atoms with E-state index in [1.807, 2.05) is 13.0 Å². The van der Waals surface area contributed by atoms with Crippen LogP contribution in [0.1, 0.15) is 18.4 Å². The molecule has 1 fully saturated rings. The van der Waals surface area contributed by atoms with Gasteiger partial charge in [-0.2, -0.15) is 0 Å². The summed E-state index contributed by atoms with van der Waals surface area (Å²) in [4.78, 5) is 28.3. The van der Waals surface area contributed by atoms with Crippen LogP contribution >= 0.6 is 0 Å². The van der Waals surface area contributed by atoms with E-state index in [0.717, 1.165) is 5.56 Å². The van der Waals surface area contributed by atoms with E-state index in [1.54, 1.807) is 17.3 Å². The van der Waals surface area contributed by atoms with Gasteiger partial charge in [-0.3, -0.25) is 4.98 Å². The van der Waals surface area contributed by atoms with Gasteiger partial charge in [0, 0.05) is 19.3 Å². The van der Waals surface area contributed by atoms with E-state index in [1.165, 1.54) is 0 Å². The summed E-state index contributed by atoms with van der Waals surface area (Å²) in [6, 6.07) is 1.69. The van der Waals surface area contributed by atoms with E-state index < -0.39 is 5.97 Å². The van der Waals surface area contributed by atoms with Crippen LogP contribution in [0.2, 0.25) is 0 Å². The van der Waals surface area contributed by atoms with Crippen LogP contribution in [-0.2, 0) is 9.53 Å². The molecule has 1 aliphatic rings. The molecule has 0 bridgehead atoms. The summed E-state index contributed by atoms with van der Waals surface area (Å²) >= 11 is 0. The number of hydrogen-bond donors (Lipinski definition) is 2. The van der Waals surface area contributed by atoms with E-state index in [4.69, 9.17) is 9.84 Å². The zero-order valence-electron chi connectivity index (χ0n) is 11.9. The third-order valence-electron chi connectivity index (χ3n) is 3.30. The summed E-state index contributed by atoms with van der Waals surface area (Å²) < 4.78 is 5.24. The van der Waals surface area contributed by atoms with E-state index in [9.17, 15) is 9.59 Å². The fourth-order valence-electron chi connectivity index (χ4n) is 2.24. The molecule has 1 aromatic rings. The van der Waals surface area contributed by atoms with Gasteiger partial charge in [0.25, 0.3) is 0 Å². The molecule has 7 nitrogen and oxygen atoms in total. The highest BCUT2D eigenvalue weighted by Gasteiger charge is 2.23. The lowest BCUT2D eigenvalue weighted by molar-refractivity contribution is -0.145. The first-order valence-corrected chi connectivity index (χ1v) is 6.85. The number of piperidine rings is 1. The number of aryl methyl sites for hydroxylation is 1. The Balaban J connectivity index is 1.79. The number of carbonyl (C=O) groups excluding carboxylic acids is 1. The monoisotopic (exact) mass is 293 g/mol. The first-order valence-electron chi connectivity index (χ1n) is 6.85. The second kappa shape index (κ2) is 7.03. The number of aromatic nitrogens is 1. The maximum Gasteiger partial charge on any atom is 0.329 e. The van der Waals surface area contributed by atoms with Gasteiger partial charge in [0.1, 0.15) is 6.61 Å². The van der Waals surface area contributed by atoms with E-state index in [2.05, 4.69) is 10.3 Å². The van der Waals surface area contributed by atoms with E-state index in [-0.39, 0.29) is 18.7 Å². The highest BCUT2D eigenvalue weighted by atomic mass is 16.5. The Morgan fingerprint density at radius 2 is 2.14 bits per heavy atom. The van der Waals surface area contributed by atoms with Gasteiger partial charge in [-0.15, -0.1) is 0 Å². The largest absolute Gasteiger partial charge is 0.480 e. The minimum absolute atomic E-state index is 0.0919. The molecule has 114 valence electrons. The molecule has 0 spiro atoms. The Labute approximate surface area is 122 Å². The summed E-state index contributed by atoms with van der Waals surface area (Å²) in [6.07, 6.45) is 4.53. The minimum Gasteiger partial charge on any atom is -0.480 e. The molecule has 2 rings (SSSR count). The van der Waals surface area contributed by atoms with Crippen molar-refractivity contribution < 1.29 is 19.4 Å². The Morgan fingerprint density at radius 3 is 2.76 bits per heavy atom. The number of anilines is 1. The van der Waals surface area contributed by atoms with Crippen molar-refractivity contribution in [3.8, 4) is 0 Å². The Bertz CT molecular complexity index is 513. The number of carboxylic acid groups (broad SMARTS) is 1. The minimum atomic E-state index is -0.970. The predicted molar refractivity (Wildman–Crippen MR) is 76.2 cm³/mol. The molecule has 1 saturated heterocycles. The van der Waals surface area contributed by atoms with Gasteiger partial charge in [-0.1, -0.05) is 0 Å². The maximum absolute atomic E-state index is 12.1. The number of carboxylic acids is 1. The number of amides is 2. The fourth-order valence-corrected chi connectivity index (χ4v) is 2.24.